The van der Waals surface area contributed by atoms with Crippen LogP contribution in [0.5, 0.6) is 0 Å². The molecule has 0 fully saturated rings. The van der Waals surface area contributed by atoms with E-state index in [1.54, 1.807) is 14.0 Å². The fourth-order valence-corrected chi connectivity index (χ4v) is 2.50. The molecule has 0 heterocycles. The van der Waals surface area contributed by atoms with Gasteiger partial charge in [-0.05, 0) is 19.4 Å². The van der Waals surface area contributed by atoms with Crippen LogP contribution < -0.4 is 5.73 Å². The van der Waals surface area contributed by atoms with E-state index >= 15 is 0 Å². The lowest BCUT2D eigenvalue weighted by molar-refractivity contribution is -0.127. The Hall–Kier alpha value is -0.620. The van der Waals surface area contributed by atoms with Crippen LogP contribution in [0.4, 0.5) is 0 Å². The summed E-state index contributed by atoms with van der Waals surface area (Å²) in [6.45, 7) is 2.79. The SMILES string of the molecule is CCCS(=O)(=O)CC(=O)N(C)CCCN. The first kappa shape index (κ1) is 14.4. The Kier molecular flexibility index (Phi) is 6.51. The summed E-state index contributed by atoms with van der Waals surface area (Å²) < 4.78 is 22.7. The minimum absolute atomic E-state index is 0.0729. The van der Waals surface area contributed by atoms with Crippen molar-refractivity contribution in [2.24, 2.45) is 5.73 Å². The minimum atomic E-state index is -3.22. The van der Waals surface area contributed by atoms with E-state index in [0.29, 0.717) is 25.9 Å². The van der Waals surface area contributed by atoms with E-state index in [4.69, 9.17) is 5.73 Å². The van der Waals surface area contributed by atoms with Gasteiger partial charge in [-0.1, -0.05) is 6.92 Å². The molecule has 0 aliphatic carbocycles. The average molecular weight is 236 g/mol. The fraction of sp³-hybridized carbons (Fsp3) is 0.889. The first-order valence-corrected chi connectivity index (χ1v) is 6.89. The smallest absolute Gasteiger partial charge is 0.237 e. The number of nitrogens with zero attached hydrogens (tertiary/aromatic N) is 1. The van der Waals surface area contributed by atoms with Crippen LogP contribution >= 0.6 is 0 Å². The molecule has 0 saturated carbocycles. The maximum absolute atomic E-state index is 11.4. The van der Waals surface area contributed by atoms with Gasteiger partial charge in [-0.25, -0.2) is 8.42 Å². The van der Waals surface area contributed by atoms with E-state index in [1.807, 2.05) is 0 Å². The molecule has 0 aromatic carbocycles. The van der Waals surface area contributed by atoms with Gasteiger partial charge in [0.25, 0.3) is 0 Å². The summed E-state index contributed by atoms with van der Waals surface area (Å²) in [7, 11) is -1.63. The summed E-state index contributed by atoms with van der Waals surface area (Å²) >= 11 is 0. The number of hydrogen-bond donors (Lipinski definition) is 1. The van der Waals surface area contributed by atoms with Gasteiger partial charge in [0, 0.05) is 13.6 Å². The first-order chi connectivity index (χ1) is 6.93. The molecule has 0 spiro atoms. The molecule has 15 heavy (non-hydrogen) atoms. The first-order valence-electron chi connectivity index (χ1n) is 5.07. The molecular formula is C9H20N2O3S. The van der Waals surface area contributed by atoms with E-state index in [2.05, 4.69) is 0 Å². The van der Waals surface area contributed by atoms with E-state index in [1.165, 1.54) is 4.90 Å². The zero-order valence-electron chi connectivity index (χ0n) is 9.40. The normalized spacial score (nSPS) is 11.4. The summed E-state index contributed by atoms with van der Waals surface area (Å²) in [5.74, 6) is -0.664. The zero-order valence-corrected chi connectivity index (χ0v) is 10.2. The topological polar surface area (TPSA) is 80.5 Å². The molecule has 0 rings (SSSR count). The van der Waals surface area contributed by atoms with Crippen LogP contribution in [0.2, 0.25) is 0 Å². The molecule has 2 N–H and O–H groups in total. The third-order valence-corrected chi connectivity index (χ3v) is 3.70. The maximum Gasteiger partial charge on any atom is 0.237 e. The molecule has 0 atom stereocenters. The Morgan fingerprint density at radius 1 is 1.40 bits per heavy atom. The number of hydrogen-bond acceptors (Lipinski definition) is 4. The third kappa shape index (κ3) is 6.46. The van der Waals surface area contributed by atoms with Gasteiger partial charge in [0.05, 0.1) is 5.75 Å². The second kappa shape index (κ2) is 6.79. The summed E-state index contributed by atoms with van der Waals surface area (Å²) in [4.78, 5) is 12.9. The minimum Gasteiger partial charge on any atom is -0.345 e. The van der Waals surface area contributed by atoms with Crippen LogP contribution in [0.3, 0.4) is 0 Å². The lowest BCUT2D eigenvalue weighted by atomic mass is 10.4. The Balaban J connectivity index is 4.12. The second-order valence-electron chi connectivity index (χ2n) is 3.55. The van der Waals surface area contributed by atoms with Crippen LogP contribution in [0, 0.1) is 0 Å². The maximum atomic E-state index is 11.4. The molecule has 0 saturated heterocycles. The molecule has 0 bridgehead atoms. The lowest BCUT2D eigenvalue weighted by Crippen LogP contribution is -2.34. The van der Waals surface area contributed by atoms with Gasteiger partial charge in [0.2, 0.25) is 5.91 Å². The summed E-state index contributed by atoms with van der Waals surface area (Å²) in [6, 6.07) is 0. The molecule has 5 nitrogen and oxygen atoms in total. The predicted octanol–water partition coefficient (Wildman–Crippen LogP) is -0.382. The average Bonchev–Trinajstić information content (AvgIpc) is 2.13. The van der Waals surface area contributed by atoms with Crippen LogP contribution in [0.25, 0.3) is 0 Å². The highest BCUT2D eigenvalue weighted by Gasteiger charge is 2.18. The molecule has 0 aromatic rings. The molecule has 0 aliphatic heterocycles. The number of rotatable bonds is 7. The highest BCUT2D eigenvalue weighted by molar-refractivity contribution is 7.92. The molecule has 0 aliphatic rings. The molecule has 6 heteroatoms. The van der Waals surface area contributed by atoms with Crippen molar-refractivity contribution in [1.29, 1.82) is 0 Å². The van der Waals surface area contributed by atoms with Crippen molar-refractivity contribution in [3.8, 4) is 0 Å². The summed E-state index contributed by atoms with van der Waals surface area (Å²) in [6.07, 6.45) is 1.23. The highest BCUT2D eigenvalue weighted by atomic mass is 32.2. The Labute approximate surface area is 91.5 Å². The quantitative estimate of drug-likeness (QED) is 0.653. The van der Waals surface area contributed by atoms with Gasteiger partial charge in [-0.15, -0.1) is 0 Å². The van der Waals surface area contributed by atoms with Crippen LogP contribution in [0.15, 0.2) is 0 Å². The van der Waals surface area contributed by atoms with Crippen molar-refractivity contribution in [1.82, 2.24) is 4.90 Å². The van der Waals surface area contributed by atoms with E-state index < -0.39 is 9.84 Å². The number of amides is 1. The Morgan fingerprint density at radius 2 is 2.00 bits per heavy atom. The second-order valence-corrected chi connectivity index (χ2v) is 5.73. The summed E-state index contributed by atoms with van der Waals surface area (Å²) in [5, 5.41) is 0. The molecule has 0 radical (unpaired) electrons. The van der Waals surface area contributed by atoms with Crippen molar-refractivity contribution in [3.05, 3.63) is 0 Å². The largest absolute Gasteiger partial charge is 0.345 e. The van der Waals surface area contributed by atoms with Crippen molar-refractivity contribution in [2.75, 3.05) is 31.6 Å². The fourth-order valence-electron chi connectivity index (χ4n) is 1.13. The van der Waals surface area contributed by atoms with Crippen LogP contribution in [-0.4, -0.2) is 50.9 Å². The molecule has 1 amide bonds. The van der Waals surface area contributed by atoms with Gasteiger partial charge in [0.1, 0.15) is 5.75 Å². The van der Waals surface area contributed by atoms with Crippen LogP contribution in [0.1, 0.15) is 19.8 Å². The van der Waals surface area contributed by atoms with Crippen molar-refractivity contribution < 1.29 is 13.2 Å². The number of nitrogens with two attached hydrogens (primary N) is 1. The van der Waals surface area contributed by atoms with E-state index in [-0.39, 0.29) is 17.4 Å². The van der Waals surface area contributed by atoms with Crippen molar-refractivity contribution >= 4 is 15.7 Å². The third-order valence-electron chi connectivity index (χ3n) is 1.98. The number of carbonyl (C=O) groups excluding carboxylic acids is 1. The summed E-state index contributed by atoms with van der Waals surface area (Å²) in [5.41, 5.74) is 5.30. The lowest BCUT2D eigenvalue weighted by Gasteiger charge is -2.16. The van der Waals surface area contributed by atoms with Gasteiger partial charge in [-0.2, -0.15) is 0 Å². The molecule has 90 valence electrons. The highest BCUT2D eigenvalue weighted by Crippen LogP contribution is 1.97. The van der Waals surface area contributed by atoms with Crippen molar-refractivity contribution in [2.45, 2.75) is 19.8 Å². The van der Waals surface area contributed by atoms with Gasteiger partial charge in [-0.3, -0.25) is 4.79 Å². The van der Waals surface area contributed by atoms with Crippen molar-refractivity contribution in [3.63, 3.8) is 0 Å². The van der Waals surface area contributed by atoms with Gasteiger partial charge < -0.3 is 10.6 Å². The van der Waals surface area contributed by atoms with Gasteiger partial charge >= 0.3 is 0 Å². The Morgan fingerprint density at radius 3 is 2.47 bits per heavy atom. The standard InChI is InChI=1S/C9H20N2O3S/c1-3-7-15(13,14)8-9(12)11(2)6-4-5-10/h3-8,10H2,1-2H3. The molecular weight excluding hydrogens is 216 g/mol. The zero-order chi connectivity index (χ0) is 11.9. The number of carbonyl (C=O) groups is 1. The van der Waals surface area contributed by atoms with Crippen LogP contribution in [-0.2, 0) is 14.6 Å². The van der Waals surface area contributed by atoms with E-state index in [0.717, 1.165) is 0 Å². The molecule has 0 aromatic heterocycles. The number of sulfone groups is 1. The Bertz CT molecular complexity index is 288. The van der Waals surface area contributed by atoms with Gasteiger partial charge in [0.15, 0.2) is 9.84 Å². The van der Waals surface area contributed by atoms with E-state index in [9.17, 15) is 13.2 Å². The molecule has 0 unspecified atom stereocenters. The monoisotopic (exact) mass is 236 g/mol. The predicted molar refractivity (Wildman–Crippen MR) is 60.3 cm³/mol.